The van der Waals surface area contributed by atoms with Gasteiger partial charge in [-0.1, -0.05) is 19.3 Å². The molecule has 1 unspecified atom stereocenters. The summed E-state index contributed by atoms with van der Waals surface area (Å²) in [4.78, 5) is 66.2. The lowest BCUT2D eigenvalue weighted by Crippen LogP contribution is -2.54. The molecule has 0 radical (unpaired) electrons. The molecule has 2 fully saturated rings. The van der Waals surface area contributed by atoms with Crippen LogP contribution in [0, 0.1) is 9.81 Å². The molecule has 1 saturated carbocycles. The molecule has 1 aliphatic carbocycles. The molecule has 0 bridgehead atoms. The van der Waals surface area contributed by atoms with E-state index in [1.807, 2.05) is 6.92 Å². The maximum absolute atomic E-state index is 11.8. The Balaban J connectivity index is 0.000000331. The Bertz CT molecular complexity index is 735. The van der Waals surface area contributed by atoms with Crippen LogP contribution in [0.5, 0.6) is 0 Å². The zero-order chi connectivity index (χ0) is 25.0. The summed E-state index contributed by atoms with van der Waals surface area (Å²) in [5.74, 6) is -0.924. The van der Waals surface area contributed by atoms with Gasteiger partial charge in [-0.25, -0.2) is 14.0 Å². The summed E-state index contributed by atoms with van der Waals surface area (Å²) in [5.41, 5.74) is -0.352. The zero-order valence-corrected chi connectivity index (χ0v) is 20.1. The van der Waals surface area contributed by atoms with Crippen molar-refractivity contribution in [2.75, 3.05) is 19.0 Å². The van der Waals surface area contributed by atoms with Crippen molar-refractivity contribution >= 4 is 47.3 Å². The first kappa shape index (κ1) is 28.5. The molecule has 15 heteroatoms. The number of amides is 6. The van der Waals surface area contributed by atoms with Crippen LogP contribution in [0.4, 0.5) is 9.59 Å². The minimum Gasteiger partial charge on any atom is -0.325 e. The van der Waals surface area contributed by atoms with Gasteiger partial charge in [-0.2, -0.15) is 10.0 Å². The van der Waals surface area contributed by atoms with E-state index >= 15 is 0 Å². The lowest BCUT2D eigenvalue weighted by Gasteiger charge is -2.39. The molecule has 1 atom stereocenters. The third-order valence-corrected chi connectivity index (χ3v) is 6.08. The minimum absolute atomic E-state index is 0.0501. The maximum atomic E-state index is 11.8. The second-order valence-corrected chi connectivity index (χ2v) is 8.48. The van der Waals surface area contributed by atoms with Crippen molar-refractivity contribution in [3.63, 3.8) is 0 Å². The molecule has 0 aromatic rings. The number of imide groups is 1. The minimum atomic E-state index is -0.834. The van der Waals surface area contributed by atoms with Gasteiger partial charge >= 0.3 is 12.1 Å². The van der Waals surface area contributed by atoms with Gasteiger partial charge in [-0.3, -0.25) is 14.9 Å². The largest absolute Gasteiger partial charge is 0.358 e. The van der Waals surface area contributed by atoms with E-state index in [9.17, 15) is 29.0 Å². The third kappa shape index (κ3) is 8.39. The van der Waals surface area contributed by atoms with E-state index in [4.69, 9.17) is 23.4 Å². The number of hydrogen-bond acceptors (Lipinski definition) is 8. The normalized spacial score (nSPS) is 19.2. The molecule has 6 amide bonds. The SMILES string of the molecule is CCN(N=O)C(=O)N(Cl)C1(C)CCCCC1.O=NN(CCCl)C(=O)NC1CCC(=O)NC1=O. The first-order valence-electron chi connectivity index (χ1n) is 10.5. The van der Waals surface area contributed by atoms with E-state index in [1.54, 1.807) is 6.92 Å². The summed E-state index contributed by atoms with van der Waals surface area (Å²) in [6.45, 7) is 3.83. The number of alkyl halides is 1. The van der Waals surface area contributed by atoms with E-state index in [2.05, 4.69) is 21.2 Å². The Morgan fingerprint density at radius 3 is 2.24 bits per heavy atom. The Morgan fingerprint density at radius 1 is 1.15 bits per heavy atom. The Morgan fingerprint density at radius 2 is 1.76 bits per heavy atom. The highest BCUT2D eigenvalue weighted by molar-refractivity contribution is 6.21. The number of nitrogens with zero attached hydrogens (tertiary/aromatic N) is 5. The Hall–Kier alpha value is -2.54. The average Bonchev–Trinajstić information content (AvgIpc) is 2.80. The van der Waals surface area contributed by atoms with Crippen molar-refractivity contribution in [3.05, 3.63) is 9.81 Å². The molecule has 1 aliphatic heterocycles. The standard InChI is InChI=1S/C10H18ClN3O2.C8H11ClN4O4/c1-3-13(12-16)9(15)14(11)10(2)7-5-4-6-8-10;9-3-4-13(12-17)8(16)10-5-1-2-6(14)11-7(5)15/h3-8H2,1-2H3;5H,1-4H2,(H,10,16)(H,11,14,15). The van der Waals surface area contributed by atoms with Crippen LogP contribution in [-0.2, 0) is 9.59 Å². The Kier molecular flexibility index (Phi) is 12.0. The molecule has 2 aliphatic rings. The topological polar surface area (TPSA) is 161 Å². The van der Waals surface area contributed by atoms with Crippen LogP contribution in [0.1, 0.15) is 58.8 Å². The zero-order valence-electron chi connectivity index (χ0n) is 18.6. The predicted molar refractivity (Wildman–Crippen MR) is 121 cm³/mol. The summed E-state index contributed by atoms with van der Waals surface area (Å²) in [7, 11) is 0. The van der Waals surface area contributed by atoms with Crippen molar-refractivity contribution in [3.8, 4) is 0 Å². The van der Waals surface area contributed by atoms with Crippen molar-refractivity contribution in [2.24, 2.45) is 10.6 Å². The number of carbonyl (C=O) groups excluding carboxylic acids is 4. The van der Waals surface area contributed by atoms with E-state index in [1.165, 1.54) is 6.42 Å². The van der Waals surface area contributed by atoms with Crippen LogP contribution >= 0.6 is 23.4 Å². The van der Waals surface area contributed by atoms with Crippen molar-refractivity contribution in [2.45, 2.75) is 70.4 Å². The van der Waals surface area contributed by atoms with Gasteiger partial charge in [-0.05, 0) is 33.1 Å². The van der Waals surface area contributed by atoms with Crippen LogP contribution in [0.3, 0.4) is 0 Å². The molecule has 0 spiro atoms. The number of carbonyl (C=O) groups is 4. The predicted octanol–water partition coefficient (Wildman–Crippen LogP) is 3.01. The summed E-state index contributed by atoms with van der Waals surface area (Å²) >= 11 is 11.4. The molecular formula is C18H29Cl2N7O6. The van der Waals surface area contributed by atoms with Gasteiger partial charge in [0.25, 0.3) is 0 Å². The molecule has 0 aromatic carbocycles. The molecule has 2 N–H and O–H groups in total. The lowest BCUT2D eigenvalue weighted by atomic mass is 9.83. The molecule has 0 aromatic heterocycles. The van der Waals surface area contributed by atoms with Crippen LogP contribution in [-0.4, -0.2) is 68.9 Å². The molecule has 33 heavy (non-hydrogen) atoms. The van der Waals surface area contributed by atoms with Gasteiger partial charge in [0.05, 0.1) is 22.7 Å². The molecular weight excluding hydrogens is 481 g/mol. The molecule has 1 saturated heterocycles. The van der Waals surface area contributed by atoms with E-state index in [-0.39, 0.29) is 43.3 Å². The maximum Gasteiger partial charge on any atom is 0.358 e. The number of nitrogens with one attached hydrogen (secondary N) is 2. The van der Waals surface area contributed by atoms with E-state index in [0.29, 0.717) is 5.01 Å². The fourth-order valence-corrected chi connectivity index (χ4v) is 3.80. The highest BCUT2D eigenvalue weighted by Gasteiger charge is 2.38. The first-order valence-corrected chi connectivity index (χ1v) is 11.4. The number of nitroso groups, excluding NO2 is 2. The number of urea groups is 2. The summed E-state index contributed by atoms with van der Waals surface area (Å²) in [5, 5.41) is 10.9. The molecule has 2 rings (SSSR count). The van der Waals surface area contributed by atoms with Crippen LogP contribution < -0.4 is 10.6 Å². The monoisotopic (exact) mass is 509 g/mol. The van der Waals surface area contributed by atoms with Crippen molar-refractivity contribution < 1.29 is 19.2 Å². The van der Waals surface area contributed by atoms with Crippen molar-refractivity contribution in [1.82, 2.24) is 25.1 Å². The molecule has 1 heterocycles. The average molecular weight is 510 g/mol. The fourth-order valence-electron chi connectivity index (χ4n) is 3.38. The highest BCUT2D eigenvalue weighted by atomic mass is 35.5. The van der Waals surface area contributed by atoms with Crippen molar-refractivity contribution in [1.29, 1.82) is 0 Å². The third-order valence-electron chi connectivity index (χ3n) is 5.36. The number of rotatable bonds is 7. The summed E-state index contributed by atoms with van der Waals surface area (Å²) < 4.78 is 1.15. The fraction of sp³-hybridized carbons (Fsp3) is 0.778. The Labute approximate surface area is 201 Å². The number of piperidine rings is 1. The number of hydrogen-bond donors (Lipinski definition) is 2. The van der Waals surface area contributed by atoms with Gasteiger partial charge in [0.2, 0.25) is 11.8 Å². The van der Waals surface area contributed by atoms with Crippen LogP contribution in [0.15, 0.2) is 10.6 Å². The first-order chi connectivity index (χ1) is 15.6. The number of halogens is 2. The van der Waals surface area contributed by atoms with E-state index in [0.717, 1.165) is 35.1 Å². The second-order valence-electron chi connectivity index (χ2n) is 7.77. The second kappa shape index (κ2) is 13.9. The summed E-state index contributed by atoms with van der Waals surface area (Å²) in [6, 6.07) is -2.17. The smallest absolute Gasteiger partial charge is 0.325 e. The van der Waals surface area contributed by atoms with Gasteiger partial charge < -0.3 is 5.32 Å². The highest BCUT2D eigenvalue weighted by Crippen LogP contribution is 2.35. The molecule has 13 nitrogen and oxygen atoms in total. The molecule has 186 valence electrons. The summed E-state index contributed by atoms with van der Waals surface area (Å²) in [6.07, 6.45) is 5.39. The van der Waals surface area contributed by atoms with Gasteiger partial charge in [0.1, 0.15) is 6.04 Å². The quantitative estimate of drug-likeness (QED) is 0.176. The van der Waals surface area contributed by atoms with E-state index < -0.39 is 24.0 Å². The van der Waals surface area contributed by atoms with Gasteiger partial charge in [0.15, 0.2) is 0 Å². The lowest BCUT2D eigenvalue weighted by molar-refractivity contribution is -0.134. The van der Waals surface area contributed by atoms with Gasteiger partial charge in [0, 0.05) is 30.6 Å². The van der Waals surface area contributed by atoms with Crippen LogP contribution in [0.2, 0.25) is 0 Å². The van der Waals surface area contributed by atoms with Gasteiger partial charge in [-0.15, -0.1) is 21.4 Å². The van der Waals surface area contributed by atoms with Crippen LogP contribution in [0.25, 0.3) is 0 Å².